The second-order valence-electron chi connectivity index (χ2n) is 7.06. The maximum atomic E-state index is 4.90. The lowest BCUT2D eigenvalue weighted by Crippen LogP contribution is -2.25. The number of amidine groups is 1. The van der Waals surface area contributed by atoms with Gasteiger partial charge < -0.3 is 4.57 Å². The van der Waals surface area contributed by atoms with Crippen molar-refractivity contribution in [3.63, 3.8) is 0 Å². The monoisotopic (exact) mass is 388 g/mol. The van der Waals surface area contributed by atoms with Gasteiger partial charge in [-0.1, -0.05) is 12.7 Å². The van der Waals surface area contributed by atoms with Crippen LogP contribution in [0.25, 0.3) is 21.9 Å². The molecule has 0 N–H and O–H groups in total. The predicted molar refractivity (Wildman–Crippen MR) is 122 cm³/mol. The van der Waals surface area contributed by atoms with E-state index in [2.05, 4.69) is 47.1 Å². The fraction of sp³-hybridized carbons (Fsp3) is 0.304. The van der Waals surface area contributed by atoms with E-state index in [1.165, 1.54) is 0 Å². The average molecular weight is 389 g/mol. The summed E-state index contributed by atoms with van der Waals surface area (Å²) < 4.78 is 2.16. The molecule has 0 atom stereocenters. The molecule has 3 aromatic rings. The molecule has 2 aromatic heterocycles. The summed E-state index contributed by atoms with van der Waals surface area (Å²) in [5.41, 5.74) is 4.93. The first-order valence-corrected chi connectivity index (χ1v) is 9.77. The number of aromatic nitrogens is 3. The standard InChI is InChI=1S/C23H28N6/c1-7-17(4)23(29(24-5)16(2)3)26-15-9-11-21-27-22-18-10-8-14-25-19(18)12-13-20(22)28(21)6/h7-8,10,12-14H,2,5,9,11,15H2,1,3-4,6H3/b17-7-,26-23?. The Morgan fingerprint density at radius 1 is 1.28 bits per heavy atom. The molecule has 0 radical (unpaired) electrons. The number of hydrogen-bond acceptors (Lipinski definition) is 4. The van der Waals surface area contributed by atoms with Crippen LogP contribution in [0.15, 0.2) is 64.5 Å². The van der Waals surface area contributed by atoms with Gasteiger partial charge in [-0.3, -0.25) is 9.98 Å². The van der Waals surface area contributed by atoms with Gasteiger partial charge in [0.05, 0.1) is 16.6 Å². The Labute approximate surface area is 172 Å². The van der Waals surface area contributed by atoms with Crippen molar-refractivity contribution in [2.45, 2.75) is 33.6 Å². The zero-order chi connectivity index (χ0) is 21.0. The van der Waals surface area contributed by atoms with Gasteiger partial charge in [0.2, 0.25) is 0 Å². The maximum absolute atomic E-state index is 4.90. The molecule has 0 saturated heterocycles. The Morgan fingerprint density at radius 2 is 2.07 bits per heavy atom. The van der Waals surface area contributed by atoms with Crippen molar-refractivity contribution in [1.82, 2.24) is 19.5 Å². The second kappa shape index (κ2) is 8.82. The Hall–Kier alpha value is -3.28. The largest absolute Gasteiger partial charge is 0.331 e. The van der Waals surface area contributed by atoms with Gasteiger partial charge in [-0.15, -0.1) is 0 Å². The first-order chi connectivity index (χ1) is 14.0. The summed E-state index contributed by atoms with van der Waals surface area (Å²) in [4.78, 5) is 14.1. The number of nitrogens with zero attached hydrogens (tertiary/aromatic N) is 6. The van der Waals surface area contributed by atoms with Gasteiger partial charge in [0.1, 0.15) is 5.82 Å². The number of hydrazone groups is 1. The van der Waals surface area contributed by atoms with Crippen molar-refractivity contribution in [1.29, 1.82) is 0 Å². The van der Waals surface area contributed by atoms with Crippen molar-refractivity contribution >= 4 is 34.5 Å². The maximum Gasteiger partial charge on any atom is 0.151 e. The number of benzene rings is 1. The smallest absolute Gasteiger partial charge is 0.151 e. The van der Waals surface area contributed by atoms with E-state index in [-0.39, 0.29) is 0 Å². The van der Waals surface area contributed by atoms with Crippen LogP contribution in [0.3, 0.4) is 0 Å². The minimum Gasteiger partial charge on any atom is -0.331 e. The zero-order valence-corrected chi connectivity index (χ0v) is 17.7. The summed E-state index contributed by atoms with van der Waals surface area (Å²) in [7, 11) is 2.07. The summed E-state index contributed by atoms with van der Waals surface area (Å²) in [5, 5.41) is 6.83. The van der Waals surface area contributed by atoms with Gasteiger partial charge in [0.25, 0.3) is 0 Å². The van der Waals surface area contributed by atoms with E-state index < -0.39 is 0 Å². The minimum atomic E-state index is 0.672. The molecule has 0 aliphatic carbocycles. The first-order valence-electron chi connectivity index (χ1n) is 9.77. The Bertz CT molecular complexity index is 1120. The van der Waals surface area contributed by atoms with Gasteiger partial charge in [0, 0.05) is 44.0 Å². The van der Waals surface area contributed by atoms with E-state index in [1.807, 2.05) is 45.2 Å². The summed E-state index contributed by atoms with van der Waals surface area (Å²) in [6, 6.07) is 8.17. The van der Waals surface area contributed by atoms with Gasteiger partial charge in [-0.25, -0.2) is 9.99 Å². The third kappa shape index (κ3) is 4.11. The highest BCUT2D eigenvalue weighted by Gasteiger charge is 2.13. The predicted octanol–water partition coefficient (Wildman–Crippen LogP) is 4.87. The third-order valence-electron chi connectivity index (χ3n) is 5.03. The lowest BCUT2D eigenvalue weighted by Gasteiger charge is -2.21. The number of rotatable bonds is 7. The molecular formula is C23H28N6. The van der Waals surface area contributed by atoms with E-state index in [4.69, 9.17) is 9.98 Å². The molecule has 6 heteroatoms. The van der Waals surface area contributed by atoms with Crippen LogP contribution in [0.5, 0.6) is 0 Å². The van der Waals surface area contributed by atoms with E-state index in [0.29, 0.717) is 6.54 Å². The topological polar surface area (TPSA) is 58.7 Å². The van der Waals surface area contributed by atoms with Crippen LogP contribution >= 0.6 is 0 Å². The quantitative estimate of drug-likeness (QED) is 0.251. The number of aryl methyl sites for hydroxylation is 2. The van der Waals surface area contributed by atoms with Crippen LogP contribution in [0.1, 0.15) is 33.0 Å². The van der Waals surface area contributed by atoms with E-state index in [0.717, 1.165) is 57.7 Å². The van der Waals surface area contributed by atoms with Crippen molar-refractivity contribution in [2.24, 2.45) is 17.1 Å². The number of hydrogen-bond donors (Lipinski definition) is 0. The van der Waals surface area contributed by atoms with Gasteiger partial charge in [-0.05, 0) is 57.0 Å². The minimum absolute atomic E-state index is 0.672. The second-order valence-corrected chi connectivity index (χ2v) is 7.06. The molecule has 0 aliphatic rings. The molecule has 1 aromatic carbocycles. The molecular weight excluding hydrogens is 360 g/mol. The van der Waals surface area contributed by atoms with Crippen LogP contribution in [0.2, 0.25) is 0 Å². The summed E-state index contributed by atoms with van der Waals surface area (Å²) >= 11 is 0. The lowest BCUT2D eigenvalue weighted by atomic mass is 10.2. The number of imidazole rings is 1. The van der Waals surface area contributed by atoms with Gasteiger partial charge >= 0.3 is 0 Å². The third-order valence-corrected chi connectivity index (χ3v) is 5.03. The van der Waals surface area contributed by atoms with Gasteiger partial charge in [0.15, 0.2) is 5.84 Å². The molecule has 150 valence electrons. The highest BCUT2D eigenvalue weighted by molar-refractivity contribution is 6.02. The fourth-order valence-corrected chi connectivity index (χ4v) is 3.36. The molecule has 0 spiro atoms. The summed E-state index contributed by atoms with van der Waals surface area (Å²) in [5.74, 6) is 1.84. The molecule has 0 aliphatic heterocycles. The van der Waals surface area contributed by atoms with Crippen LogP contribution in [-0.2, 0) is 13.5 Å². The molecule has 6 nitrogen and oxygen atoms in total. The Balaban J connectivity index is 1.80. The summed E-state index contributed by atoms with van der Waals surface area (Å²) in [6.45, 7) is 14.2. The van der Waals surface area contributed by atoms with E-state index >= 15 is 0 Å². The highest BCUT2D eigenvalue weighted by atomic mass is 15.5. The highest BCUT2D eigenvalue weighted by Crippen LogP contribution is 2.24. The number of allylic oxidation sites excluding steroid dienone is 2. The van der Waals surface area contributed by atoms with E-state index in [9.17, 15) is 0 Å². The molecule has 3 rings (SSSR count). The van der Waals surface area contributed by atoms with E-state index in [1.54, 1.807) is 5.01 Å². The summed E-state index contributed by atoms with van der Waals surface area (Å²) in [6.07, 6.45) is 5.56. The Morgan fingerprint density at radius 3 is 2.76 bits per heavy atom. The molecule has 2 heterocycles. The number of aliphatic imine (C=N–C) groups is 1. The molecule has 0 fully saturated rings. The molecule has 0 saturated carbocycles. The van der Waals surface area contributed by atoms with Crippen molar-refractivity contribution in [3.05, 3.63) is 60.2 Å². The lowest BCUT2D eigenvalue weighted by molar-refractivity contribution is 0.554. The first kappa shape index (κ1) is 20.5. The fourth-order valence-electron chi connectivity index (χ4n) is 3.36. The van der Waals surface area contributed by atoms with Crippen LogP contribution in [-0.4, -0.2) is 38.6 Å². The van der Waals surface area contributed by atoms with Crippen molar-refractivity contribution < 1.29 is 0 Å². The van der Waals surface area contributed by atoms with Crippen molar-refractivity contribution in [3.8, 4) is 0 Å². The van der Waals surface area contributed by atoms with Crippen LogP contribution in [0.4, 0.5) is 0 Å². The van der Waals surface area contributed by atoms with Crippen LogP contribution in [0, 0.1) is 0 Å². The molecule has 0 bridgehead atoms. The molecule has 0 unspecified atom stereocenters. The normalized spacial score (nSPS) is 12.6. The molecule has 0 amide bonds. The number of pyridine rings is 1. The van der Waals surface area contributed by atoms with Crippen molar-refractivity contribution in [2.75, 3.05) is 6.54 Å². The average Bonchev–Trinajstić information content (AvgIpc) is 3.05. The SMILES string of the molecule is C=NN(C(=C)C)C(=NCCCc1nc2c3cccnc3ccc2n1C)/C(C)=C\C. The Kier molecular flexibility index (Phi) is 6.22. The zero-order valence-electron chi connectivity index (χ0n) is 17.7. The number of fused-ring (bicyclic) bond motifs is 3. The molecule has 29 heavy (non-hydrogen) atoms. The van der Waals surface area contributed by atoms with Crippen LogP contribution < -0.4 is 0 Å². The van der Waals surface area contributed by atoms with Gasteiger partial charge in [-0.2, -0.15) is 5.10 Å².